The van der Waals surface area contributed by atoms with E-state index in [-0.39, 0.29) is 42.5 Å². The van der Waals surface area contributed by atoms with Gasteiger partial charge in [0.15, 0.2) is 0 Å². The van der Waals surface area contributed by atoms with E-state index in [2.05, 4.69) is 5.32 Å². The molecule has 1 saturated carbocycles. The van der Waals surface area contributed by atoms with Gasteiger partial charge in [0.2, 0.25) is 17.7 Å². The van der Waals surface area contributed by atoms with Gasteiger partial charge in [-0.15, -0.1) is 0 Å². The molecule has 6 heteroatoms. The molecule has 1 N–H and O–H groups in total. The molecule has 0 bridgehead atoms. The van der Waals surface area contributed by atoms with Crippen LogP contribution < -0.4 is 5.32 Å². The van der Waals surface area contributed by atoms with E-state index >= 15 is 0 Å². The molecule has 1 aliphatic carbocycles. The summed E-state index contributed by atoms with van der Waals surface area (Å²) in [5, 5.41) is 2.64. The molecule has 24 heavy (non-hydrogen) atoms. The molecule has 3 rings (SSSR count). The van der Waals surface area contributed by atoms with Crippen molar-refractivity contribution in [1.29, 1.82) is 0 Å². The first-order valence-electron chi connectivity index (χ1n) is 8.38. The molecule has 5 nitrogen and oxygen atoms in total. The number of carbonyl (C=O) groups is 3. The number of amides is 3. The number of imide groups is 1. The van der Waals surface area contributed by atoms with Crippen molar-refractivity contribution in [3.63, 3.8) is 0 Å². The third kappa shape index (κ3) is 3.18. The molecular weight excluding hydrogens is 311 g/mol. The Morgan fingerprint density at radius 2 is 1.83 bits per heavy atom. The minimum Gasteiger partial charge on any atom is -0.326 e. The fraction of sp³-hybridized carbons (Fsp3) is 0.500. The highest BCUT2D eigenvalue weighted by Crippen LogP contribution is 2.37. The number of carbonyl (C=O) groups excluding carboxylic acids is 3. The molecular formula is C18H21FN2O3. The normalized spacial score (nSPS) is 23.3. The maximum Gasteiger partial charge on any atom is 0.233 e. The Kier molecular flexibility index (Phi) is 4.64. The lowest BCUT2D eigenvalue weighted by Gasteiger charge is -2.19. The highest BCUT2D eigenvalue weighted by molar-refractivity contribution is 6.05. The minimum atomic E-state index is -0.426. The first-order valence-corrected chi connectivity index (χ1v) is 8.38. The van der Waals surface area contributed by atoms with Crippen molar-refractivity contribution in [2.75, 3.05) is 11.9 Å². The van der Waals surface area contributed by atoms with Gasteiger partial charge in [0.05, 0.1) is 11.8 Å². The Balaban J connectivity index is 1.59. The summed E-state index contributed by atoms with van der Waals surface area (Å²) in [5.74, 6) is -1.43. The van der Waals surface area contributed by atoms with Crippen molar-refractivity contribution in [3.05, 3.63) is 29.6 Å². The lowest BCUT2D eigenvalue weighted by Crippen LogP contribution is -2.34. The van der Waals surface area contributed by atoms with E-state index in [1.807, 2.05) is 0 Å². The molecule has 0 aromatic heterocycles. The van der Waals surface area contributed by atoms with Crippen molar-refractivity contribution in [3.8, 4) is 0 Å². The second-order valence-corrected chi connectivity index (χ2v) is 6.58. The van der Waals surface area contributed by atoms with E-state index in [1.54, 1.807) is 13.0 Å². The molecule has 1 heterocycles. The Morgan fingerprint density at radius 3 is 2.46 bits per heavy atom. The van der Waals surface area contributed by atoms with Gasteiger partial charge >= 0.3 is 0 Å². The van der Waals surface area contributed by atoms with Crippen LogP contribution in [0.3, 0.4) is 0 Å². The van der Waals surface area contributed by atoms with Gasteiger partial charge in [-0.1, -0.05) is 18.9 Å². The monoisotopic (exact) mass is 332 g/mol. The largest absolute Gasteiger partial charge is 0.326 e. The van der Waals surface area contributed by atoms with Gasteiger partial charge in [-0.2, -0.15) is 0 Å². The number of aryl methyl sites for hydroxylation is 1. The predicted octanol–water partition coefficient (Wildman–Crippen LogP) is 2.64. The predicted molar refractivity (Wildman–Crippen MR) is 86.6 cm³/mol. The molecule has 0 spiro atoms. The number of likely N-dealkylation sites (tertiary alicyclic amines) is 1. The van der Waals surface area contributed by atoms with E-state index < -0.39 is 5.82 Å². The van der Waals surface area contributed by atoms with Crippen molar-refractivity contribution in [1.82, 2.24) is 4.90 Å². The van der Waals surface area contributed by atoms with Crippen molar-refractivity contribution in [2.24, 2.45) is 11.8 Å². The number of fused-ring (bicyclic) bond motifs is 1. The summed E-state index contributed by atoms with van der Waals surface area (Å²) in [6.45, 7) is 1.86. The van der Waals surface area contributed by atoms with E-state index in [0.29, 0.717) is 5.69 Å². The molecule has 2 aliphatic rings. The number of halogens is 1. The molecule has 2 unspecified atom stereocenters. The number of nitrogens with zero attached hydrogens (tertiary/aromatic N) is 1. The van der Waals surface area contributed by atoms with Gasteiger partial charge in [0.1, 0.15) is 5.82 Å². The van der Waals surface area contributed by atoms with E-state index in [0.717, 1.165) is 31.2 Å². The van der Waals surface area contributed by atoms with Gasteiger partial charge in [-0.3, -0.25) is 19.3 Å². The van der Waals surface area contributed by atoms with Crippen LogP contribution in [0.4, 0.5) is 10.1 Å². The highest BCUT2D eigenvalue weighted by Gasteiger charge is 2.47. The number of hydrogen-bond donors (Lipinski definition) is 1. The van der Waals surface area contributed by atoms with Crippen LogP contribution in [-0.2, 0) is 14.4 Å². The van der Waals surface area contributed by atoms with Gasteiger partial charge < -0.3 is 5.32 Å². The van der Waals surface area contributed by atoms with Crippen LogP contribution in [0.25, 0.3) is 0 Å². The summed E-state index contributed by atoms with van der Waals surface area (Å²) >= 11 is 0. The van der Waals surface area contributed by atoms with Crippen LogP contribution in [0.5, 0.6) is 0 Å². The Bertz CT molecular complexity index is 665. The summed E-state index contributed by atoms with van der Waals surface area (Å²) in [7, 11) is 0. The lowest BCUT2D eigenvalue weighted by atomic mass is 9.81. The van der Waals surface area contributed by atoms with Crippen LogP contribution in [0, 0.1) is 24.6 Å². The Morgan fingerprint density at radius 1 is 1.21 bits per heavy atom. The SMILES string of the molecule is Cc1ccc(F)cc1NC(=O)CCN1C(=O)C2CCCCC2C1=O. The van der Waals surface area contributed by atoms with E-state index in [9.17, 15) is 18.8 Å². The average molecular weight is 332 g/mol. The third-order valence-corrected chi connectivity index (χ3v) is 4.97. The molecule has 1 aliphatic heterocycles. The van der Waals surface area contributed by atoms with Gasteiger partial charge in [-0.25, -0.2) is 4.39 Å². The maximum absolute atomic E-state index is 13.3. The zero-order valence-electron chi connectivity index (χ0n) is 13.7. The summed E-state index contributed by atoms with van der Waals surface area (Å²) < 4.78 is 13.3. The number of rotatable bonds is 4. The molecule has 2 atom stereocenters. The van der Waals surface area contributed by atoms with Crippen LogP contribution >= 0.6 is 0 Å². The summed E-state index contributed by atoms with van der Waals surface area (Å²) in [6.07, 6.45) is 3.51. The molecule has 128 valence electrons. The zero-order chi connectivity index (χ0) is 17.3. The van der Waals surface area contributed by atoms with E-state index in [1.165, 1.54) is 17.0 Å². The van der Waals surface area contributed by atoms with Crippen LogP contribution in [0.15, 0.2) is 18.2 Å². The standard InChI is InChI=1S/C18H21FN2O3/c1-11-6-7-12(19)10-15(11)20-16(22)8-9-21-17(23)13-4-2-3-5-14(13)18(21)24/h6-7,10,13-14H,2-5,8-9H2,1H3,(H,20,22). The number of nitrogens with one attached hydrogen (secondary N) is 1. The van der Waals surface area contributed by atoms with E-state index in [4.69, 9.17) is 0 Å². The fourth-order valence-electron chi connectivity index (χ4n) is 3.61. The first-order chi connectivity index (χ1) is 11.5. The number of anilines is 1. The van der Waals surface area contributed by atoms with Gasteiger partial charge in [-0.05, 0) is 37.5 Å². The zero-order valence-corrected chi connectivity index (χ0v) is 13.7. The Labute approximate surface area is 140 Å². The number of hydrogen-bond acceptors (Lipinski definition) is 3. The quantitative estimate of drug-likeness (QED) is 0.862. The highest BCUT2D eigenvalue weighted by atomic mass is 19.1. The molecule has 0 radical (unpaired) electrons. The maximum atomic E-state index is 13.3. The number of benzene rings is 1. The van der Waals surface area contributed by atoms with Crippen molar-refractivity contribution in [2.45, 2.75) is 39.0 Å². The lowest BCUT2D eigenvalue weighted by molar-refractivity contribution is -0.140. The average Bonchev–Trinajstić information content (AvgIpc) is 2.81. The van der Waals surface area contributed by atoms with Crippen LogP contribution in [0.2, 0.25) is 0 Å². The summed E-state index contributed by atoms with van der Waals surface area (Å²) in [5.41, 5.74) is 1.16. The second kappa shape index (κ2) is 6.71. The smallest absolute Gasteiger partial charge is 0.233 e. The molecule has 1 saturated heterocycles. The minimum absolute atomic E-state index is 0.0207. The van der Waals surface area contributed by atoms with Crippen molar-refractivity contribution < 1.29 is 18.8 Å². The van der Waals surface area contributed by atoms with Crippen LogP contribution in [0.1, 0.15) is 37.7 Å². The Hall–Kier alpha value is -2.24. The third-order valence-electron chi connectivity index (χ3n) is 4.97. The molecule has 1 aromatic rings. The molecule has 2 fully saturated rings. The second-order valence-electron chi connectivity index (χ2n) is 6.58. The van der Waals surface area contributed by atoms with Gasteiger partial charge in [0, 0.05) is 18.7 Å². The molecule has 1 aromatic carbocycles. The topological polar surface area (TPSA) is 66.5 Å². The summed E-state index contributed by atoms with van der Waals surface area (Å²) in [6, 6.07) is 4.17. The summed E-state index contributed by atoms with van der Waals surface area (Å²) in [4.78, 5) is 38.0. The molecule has 3 amide bonds. The first kappa shape index (κ1) is 16.6. The van der Waals surface area contributed by atoms with Crippen LogP contribution in [-0.4, -0.2) is 29.2 Å². The van der Waals surface area contributed by atoms with Crippen molar-refractivity contribution >= 4 is 23.4 Å². The van der Waals surface area contributed by atoms with Gasteiger partial charge in [0.25, 0.3) is 0 Å². The fourth-order valence-corrected chi connectivity index (χ4v) is 3.61.